The van der Waals surface area contributed by atoms with Gasteiger partial charge in [-0.05, 0) is 72.6 Å². The Hall–Kier alpha value is -1.62. The zero-order valence-electron chi connectivity index (χ0n) is 16.7. The van der Waals surface area contributed by atoms with Crippen LogP contribution in [-0.2, 0) is 4.74 Å². The van der Waals surface area contributed by atoms with Crippen LogP contribution in [0.3, 0.4) is 0 Å². The molecule has 1 rings (SSSR count). The predicted molar refractivity (Wildman–Crippen MR) is 98.3 cm³/mol. The van der Waals surface area contributed by atoms with Crippen LogP contribution in [0, 0.1) is 20.8 Å². The summed E-state index contributed by atoms with van der Waals surface area (Å²) >= 11 is 0. The smallest absolute Gasteiger partial charge is 0.410 e. The van der Waals surface area contributed by atoms with Gasteiger partial charge in [0, 0.05) is 37.1 Å². The van der Waals surface area contributed by atoms with Crippen molar-refractivity contribution in [2.45, 2.75) is 73.1 Å². The topological polar surface area (TPSA) is 54.5 Å². The van der Waals surface area contributed by atoms with Crippen LogP contribution in [0.4, 0.5) is 4.79 Å². The van der Waals surface area contributed by atoms with Gasteiger partial charge in [0.1, 0.15) is 5.60 Å². The predicted octanol–water partition coefficient (Wildman–Crippen LogP) is 3.91. The van der Waals surface area contributed by atoms with E-state index < -0.39 is 5.60 Å². The van der Waals surface area contributed by atoms with Crippen LogP contribution in [0.1, 0.15) is 63.2 Å². The highest BCUT2D eigenvalue weighted by Gasteiger charge is 2.23. The summed E-state index contributed by atoms with van der Waals surface area (Å²) in [6, 6.07) is 2.31. The summed E-state index contributed by atoms with van der Waals surface area (Å²) in [4.78, 5) is 18.3. The van der Waals surface area contributed by atoms with Crippen molar-refractivity contribution in [3.8, 4) is 0 Å². The van der Waals surface area contributed by atoms with Crippen LogP contribution in [0.2, 0.25) is 0 Å². The second kappa shape index (κ2) is 7.97. The van der Waals surface area contributed by atoms with Crippen molar-refractivity contribution in [3.05, 3.63) is 28.6 Å². The van der Waals surface area contributed by atoms with Gasteiger partial charge in [-0.15, -0.1) is 0 Å². The first-order valence-electron chi connectivity index (χ1n) is 8.56. The number of likely N-dealkylation sites (N-methyl/N-ethyl adjacent to an activating group) is 1. The molecule has 0 bridgehead atoms. The van der Waals surface area contributed by atoms with Crippen molar-refractivity contribution in [2.24, 2.45) is 0 Å². The third kappa shape index (κ3) is 5.78. The molecule has 0 aliphatic rings. The maximum Gasteiger partial charge on any atom is 0.410 e. The van der Waals surface area contributed by atoms with E-state index >= 15 is 0 Å². The zero-order chi connectivity index (χ0) is 18.7. The molecule has 1 aromatic rings. The third-order valence-corrected chi connectivity index (χ3v) is 4.08. The number of aryl methyl sites for hydroxylation is 3. The molecule has 0 aliphatic carbocycles. The SMILES string of the molecule is Cc1cc(C)c(C(C)NCC(C)N(C)C(=O)OC(C)(C)C)c(C)n1. The lowest BCUT2D eigenvalue weighted by molar-refractivity contribution is 0.0234. The molecule has 24 heavy (non-hydrogen) atoms. The van der Waals surface area contributed by atoms with E-state index in [1.807, 2.05) is 41.5 Å². The van der Waals surface area contributed by atoms with E-state index in [0.29, 0.717) is 6.54 Å². The highest BCUT2D eigenvalue weighted by atomic mass is 16.6. The van der Waals surface area contributed by atoms with E-state index in [-0.39, 0.29) is 18.2 Å². The first-order chi connectivity index (χ1) is 10.9. The van der Waals surface area contributed by atoms with E-state index in [4.69, 9.17) is 4.74 Å². The molecule has 1 amide bonds. The average molecular weight is 335 g/mol. The van der Waals surface area contributed by atoms with Gasteiger partial charge in [0.15, 0.2) is 0 Å². The van der Waals surface area contributed by atoms with E-state index in [1.165, 1.54) is 11.1 Å². The molecular formula is C19H33N3O2. The van der Waals surface area contributed by atoms with Crippen molar-refractivity contribution >= 4 is 6.09 Å². The molecular weight excluding hydrogens is 302 g/mol. The third-order valence-electron chi connectivity index (χ3n) is 4.08. The number of carbonyl (C=O) groups is 1. The fraction of sp³-hybridized carbons (Fsp3) is 0.684. The number of rotatable bonds is 5. The highest BCUT2D eigenvalue weighted by Crippen LogP contribution is 2.21. The number of hydrogen-bond donors (Lipinski definition) is 1. The Bertz CT molecular complexity index is 555. The Balaban J connectivity index is 2.67. The van der Waals surface area contributed by atoms with Crippen LogP contribution in [0.5, 0.6) is 0 Å². The lowest BCUT2D eigenvalue weighted by atomic mass is 10.0. The molecule has 0 aliphatic heterocycles. The van der Waals surface area contributed by atoms with Crippen molar-refractivity contribution in [2.75, 3.05) is 13.6 Å². The van der Waals surface area contributed by atoms with Gasteiger partial charge >= 0.3 is 6.09 Å². The Morgan fingerprint density at radius 3 is 2.38 bits per heavy atom. The molecule has 0 aromatic carbocycles. The van der Waals surface area contributed by atoms with Gasteiger partial charge in [0.25, 0.3) is 0 Å². The first-order valence-corrected chi connectivity index (χ1v) is 8.56. The van der Waals surface area contributed by atoms with Crippen LogP contribution in [0.15, 0.2) is 6.07 Å². The Kier molecular flexibility index (Phi) is 6.78. The second-order valence-electron chi connectivity index (χ2n) is 7.65. The summed E-state index contributed by atoms with van der Waals surface area (Å²) in [5, 5.41) is 3.51. The van der Waals surface area contributed by atoms with Gasteiger partial charge in [-0.25, -0.2) is 4.79 Å². The van der Waals surface area contributed by atoms with Gasteiger partial charge in [-0.3, -0.25) is 4.98 Å². The molecule has 0 saturated heterocycles. The van der Waals surface area contributed by atoms with E-state index in [2.05, 4.69) is 30.2 Å². The minimum Gasteiger partial charge on any atom is -0.444 e. The molecule has 0 fully saturated rings. The maximum absolute atomic E-state index is 12.1. The number of aromatic nitrogens is 1. The average Bonchev–Trinajstić information content (AvgIpc) is 2.40. The number of ether oxygens (including phenoxy) is 1. The van der Waals surface area contributed by atoms with E-state index in [9.17, 15) is 4.79 Å². The summed E-state index contributed by atoms with van der Waals surface area (Å²) in [5.41, 5.74) is 4.09. The number of nitrogens with one attached hydrogen (secondary N) is 1. The monoisotopic (exact) mass is 335 g/mol. The van der Waals surface area contributed by atoms with E-state index in [0.717, 1.165) is 11.4 Å². The fourth-order valence-corrected chi connectivity index (χ4v) is 2.79. The van der Waals surface area contributed by atoms with Crippen molar-refractivity contribution in [1.29, 1.82) is 0 Å². The minimum absolute atomic E-state index is 0.0290. The van der Waals surface area contributed by atoms with Crippen LogP contribution in [-0.4, -0.2) is 41.2 Å². The van der Waals surface area contributed by atoms with Crippen LogP contribution < -0.4 is 5.32 Å². The number of amides is 1. The molecule has 136 valence electrons. The van der Waals surface area contributed by atoms with Gasteiger partial charge in [0.2, 0.25) is 0 Å². The van der Waals surface area contributed by atoms with E-state index in [1.54, 1.807) is 11.9 Å². The molecule has 1 heterocycles. The van der Waals surface area contributed by atoms with Gasteiger partial charge in [-0.2, -0.15) is 0 Å². The summed E-state index contributed by atoms with van der Waals surface area (Å²) in [6.45, 7) is 16.6. The highest BCUT2D eigenvalue weighted by molar-refractivity contribution is 5.68. The molecule has 1 N–H and O–H groups in total. The van der Waals surface area contributed by atoms with Gasteiger partial charge < -0.3 is 15.0 Å². The maximum atomic E-state index is 12.1. The molecule has 1 aromatic heterocycles. The van der Waals surface area contributed by atoms with Crippen molar-refractivity contribution in [3.63, 3.8) is 0 Å². The van der Waals surface area contributed by atoms with Gasteiger partial charge in [0.05, 0.1) is 0 Å². The molecule has 5 nitrogen and oxygen atoms in total. The lowest BCUT2D eigenvalue weighted by Crippen LogP contribution is -2.44. The Morgan fingerprint density at radius 2 is 1.88 bits per heavy atom. The quantitative estimate of drug-likeness (QED) is 0.886. The van der Waals surface area contributed by atoms with Crippen molar-refractivity contribution < 1.29 is 9.53 Å². The first kappa shape index (κ1) is 20.4. The molecule has 0 radical (unpaired) electrons. The summed E-state index contributed by atoms with van der Waals surface area (Å²) in [7, 11) is 1.77. The summed E-state index contributed by atoms with van der Waals surface area (Å²) in [5.74, 6) is 0. The Morgan fingerprint density at radius 1 is 1.29 bits per heavy atom. The molecule has 0 saturated carbocycles. The second-order valence-corrected chi connectivity index (χ2v) is 7.65. The minimum atomic E-state index is -0.479. The number of pyridine rings is 1. The fourth-order valence-electron chi connectivity index (χ4n) is 2.79. The van der Waals surface area contributed by atoms with Crippen LogP contribution >= 0.6 is 0 Å². The number of hydrogen-bond acceptors (Lipinski definition) is 4. The number of nitrogens with zero attached hydrogens (tertiary/aromatic N) is 2. The lowest BCUT2D eigenvalue weighted by Gasteiger charge is -2.30. The summed E-state index contributed by atoms with van der Waals surface area (Å²) < 4.78 is 5.41. The molecule has 0 spiro atoms. The normalized spacial score (nSPS) is 14.2. The summed E-state index contributed by atoms with van der Waals surface area (Å²) in [6.07, 6.45) is -0.297. The molecule has 2 unspecified atom stereocenters. The Labute approximate surface area is 146 Å². The van der Waals surface area contributed by atoms with Gasteiger partial charge in [-0.1, -0.05) is 0 Å². The largest absolute Gasteiger partial charge is 0.444 e. The molecule has 5 heteroatoms. The zero-order valence-corrected chi connectivity index (χ0v) is 16.7. The number of carbonyl (C=O) groups excluding carboxylic acids is 1. The molecule has 2 atom stereocenters. The van der Waals surface area contributed by atoms with Crippen molar-refractivity contribution in [1.82, 2.24) is 15.2 Å². The standard InChI is InChI=1S/C19H33N3O2/c1-12-10-13(2)21-16(5)17(12)15(4)20-11-14(3)22(9)18(23)24-19(6,7)8/h10,14-15,20H,11H2,1-9H3. The van der Waals surface area contributed by atoms with Crippen LogP contribution in [0.25, 0.3) is 0 Å².